The molecule has 1 aromatic carbocycles. The number of non-ortho nitro benzene ring substituents is 1. The van der Waals surface area contributed by atoms with Gasteiger partial charge in [-0.25, -0.2) is 0 Å². The fourth-order valence-electron chi connectivity index (χ4n) is 2.20. The Hall–Kier alpha value is -1.93. The molecule has 1 N–H and O–H groups in total. The number of nitriles is 1. The molecule has 0 bridgehead atoms. The first-order valence-electron chi connectivity index (χ1n) is 6.00. The molecule has 5 heteroatoms. The van der Waals surface area contributed by atoms with Gasteiger partial charge >= 0.3 is 0 Å². The van der Waals surface area contributed by atoms with E-state index in [9.17, 15) is 10.1 Å². The molecule has 1 atom stereocenters. The van der Waals surface area contributed by atoms with Crippen molar-refractivity contribution in [3.05, 3.63) is 39.4 Å². The highest BCUT2D eigenvalue weighted by Crippen LogP contribution is 2.34. The van der Waals surface area contributed by atoms with E-state index in [4.69, 9.17) is 5.26 Å². The Morgan fingerprint density at radius 3 is 2.83 bits per heavy atom. The number of nitro groups is 1. The fraction of sp³-hybridized carbons (Fsp3) is 0.462. The van der Waals surface area contributed by atoms with Gasteiger partial charge in [-0.1, -0.05) is 6.07 Å². The first-order chi connectivity index (χ1) is 8.65. The predicted molar refractivity (Wildman–Crippen MR) is 67.1 cm³/mol. The van der Waals surface area contributed by atoms with Crippen LogP contribution in [0.5, 0.6) is 0 Å². The van der Waals surface area contributed by atoms with Gasteiger partial charge in [0.25, 0.3) is 5.69 Å². The molecule has 1 aliphatic rings. The molecule has 1 fully saturated rings. The molecule has 1 aromatic rings. The predicted octanol–water partition coefficient (Wildman–Crippen LogP) is 2.01. The Morgan fingerprint density at radius 1 is 1.61 bits per heavy atom. The summed E-state index contributed by atoms with van der Waals surface area (Å²) in [5, 5.41) is 23.0. The molecule has 1 unspecified atom stereocenters. The van der Waals surface area contributed by atoms with Crippen LogP contribution in [-0.4, -0.2) is 18.0 Å². The molecular weight excluding hydrogens is 230 g/mol. The number of benzene rings is 1. The second kappa shape index (κ2) is 5.15. The molecule has 5 nitrogen and oxygen atoms in total. The number of nitrogens with zero attached hydrogens (tertiary/aromatic N) is 2. The van der Waals surface area contributed by atoms with Crippen LogP contribution in [0.2, 0.25) is 0 Å². The molecule has 1 saturated carbocycles. The van der Waals surface area contributed by atoms with Crippen LogP contribution in [-0.2, 0) is 6.42 Å². The summed E-state index contributed by atoms with van der Waals surface area (Å²) in [4.78, 5) is 10.2. The summed E-state index contributed by atoms with van der Waals surface area (Å²) in [6.45, 7) is 0. The summed E-state index contributed by atoms with van der Waals surface area (Å²) in [7, 11) is 1.92. The van der Waals surface area contributed by atoms with Crippen LogP contribution in [0.25, 0.3) is 0 Å². The lowest BCUT2D eigenvalue weighted by Gasteiger charge is -2.15. The number of rotatable bonds is 5. The monoisotopic (exact) mass is 245 g/mol. The highest BCUT2D eigenvalue weighted by atomic mass is 16.6. The molecule has 0 spiro atoms. The largest absolute Gasteiger partial charge is 0.316 e. The Balaban J connectivity index is 2.22. The summed E-state index contributed by atoms with van der Waals surface area (Å²) in [5.74, 6) is 0.678. The van der Waals surface area contributed by atoms with Crippen LogP contribution in [0.15, 0.2) is 18.2 Å². The Kier molecular flexibility index (Phi) is 3.58. The molecule has 0 aromatic heterocycles. The van der Waals surface area contributed by atoms with E-state index < -0.39 is 4.92 Å². The summed E-state index contributed by atoms with van der Waals surface area (Å²) >= 11 is 0. The maximum absolute atomic E-state index is 10.7. The minimum atomic E-state index is -0.471. The van der Waals surface area contributed by atoms with Gasteiger partial charge in [0.15, 0.2) is 0 Å². The van der Waals surface area contributed by atoms with E-state index in [1.54, 1.807) is 6.07 Å². The lowest BCUT2D eigenvalue weighted by atomic mass is 9.98. The zero-order chi connectivity index (χ0) is 13.1. The van der Waals surface area contributed by atoms with Crippen molar-refractivity contribution in [1.82, 2.24) is 5.32 Å². The van der Waals surface area contributed by atoms with Crippen molar-refractivity contribution in [2.24, 2.45) is 5.92 Å². The van der Waals surface area contributed by atoms with Crippen LogP contribution in [0.3, 0.4) is 0 Å². The lowest BCUT2D eigenvalue weighted by molar-refractivity contribution is -0.384. The second-order valence-corrected chi connectivity index (χ2v) is 4.65. The van der Waals surface area contributed by atoms with Gasteiger partial charge in [0.05, 0.1) is 16.6 Å². The first kappa shape index (κ1) is 12.5. The smallest absolute Gasteiger partial charge is 0.270 e. The molecule has 94 valence electrons. The van der Waals surface area contributed by atoms with E-state index >= 15 is 0 Å². The van der Waals surface area contributed by atoms with Crippen LogP contribution in [0, 0.1) is 27.4 Å². The molecule has 0 amide bonds. The average molecular weight is 245 g/mol. The minimum absolute atomic E-state index is 0.0253. The van der Waals surface area contributed by atoms with Gasteiger partial charge < -0.3 is 5.32 Å². The first-order valence-corrected chi connectivity index (χ1v) is 6.00. The standard InChI is InChI=1S/C13H15N3O2/c1-15-13(9-2-3-9)7-10-4-5-12(16(17)18)6-11(10)8-14/h4-6,9,13,15H,2-3,7H2,1H3. The topological polar surface area (TPSA) is 79.0 Å². The van der Waals surface area contributed by atoms with Crippen molar-refractivity contribution < 1.29 is 4.92 Å². The van der Waals surface area contributed by atoms with Crippen molar-refractivity contribution in [1.29, 1.82) is 5.26 Å². The van der Waals surface area contributed by atoms with E-state index in [0.29, 0.717) is 17.5 Å². The van der Waals surface area contributed by atoms with Gasteiger partial charge in [-0.2, -0.15) is 5.26 Å². The van der Waals surface area contributed by atoms with Gasteiger partial charge in [0, 0.05) is 18.2 Å². The van der Waals surface area contributed by atoms with Gasteiger partial charge in [-0.3, -0.25) is 10.1 Å². The maximum atomic E-state index is 10.7. The quantitative estimate of drug-likeness (QED) is 0.635. The third kappa shape index (κ3) is 2.66. The summed E-state index contributed by atoms with van der Waals surface area (Å²) < 4.78 is 0. The molecule has 2 rings (SSSR count). The Labute approximate surface area is 106 Å². The van der Waals surface area contributed by atoms with Crippen molar-refractivity contribution in [3.63, 3.8) is 0 Å². The van der Waals surface area contributed by atoms with Crippen molar-refractivity contribution >= 4 is 5.69 Å². The number of likely N-dealkylation sites (N-methyl/N-ethyl adjacent to an activating group) is 1. The molecule has 0 heterocycles. The number of nitro benzene ring substituents is 1. The number of nitrogens with one attached hydrogen (secondary N) is 1. The van der Waals surface area contributed by atoms with E-state index in [-0.39, 0.29) is 5.69 Å². The van der Waals surface area contributed by atoms with Gasteiger partial charge in [0.1, 0.15) is 0 Å². The summed E-state index contributed by atoms with van der Waals surface area (Å²) in [6, 6.07) is 6.93. The fourth-order valence-corrected chi connectivity index (χ4v) is 2.20. The van der Waals surface area contributed by atoms with Gasteiger partial charge in [0.2, 0.25) is 0 Å². The lowest BCUT2D eigenvalue weighted by Crippen LogP contribution is -2.29. The summed E-state index contributed by atoms with van der Waals surface area (Å²) in [5.41, 5.74) is 1.27. The van der Waals surface area contributed by atoms with E-state index in [1.807, 2.05) is 13.1 Å². The van der Waals surface area contributed by atoms with E-state index in [1.165, 1.54) is 25.0 Å². The van der Waals surface area contributed by atoms with Crippen molar-refractivity contribution in [3.8, 4) is 6.07 Å². The Morgan fingerprint density at radius 2 is 2.33 bits per heavy atom. The summed E-state index contributed by atoms with van der Waals surface area (Å²) in [6.07, 6.45) is 3.20. The SMILES string of the molecule is CNC(Cc1ccc([N+](=O)[O-])cc1C#N)C1CC1. The highest BCUT2D eigenvalue weighted by molar-refractivity contribution is 5.46. The molecule has 0 saturated heterocycles. The zero-order valence-corrected chi connectivity index (χ0v) is 10.2. The number of hydrogen-bond acceptors (Lipinski definition) is 4. The van der Waals surface area contributed by atoms with Gasteiger partial charge in [-0.05, 0) is 37.8 Å². The molecule has 0 aliphatic heterocycles. The minimum Gasteiger partial charge on any atom is -0.316 e. The maximum Gasteiger partial charge on any atom is 0.270 e. The molecule has 0 radical (unpaired) electrons. The second-order valence-electron chi connectivity index (χ2n) is 4.65. The van der Waals surface area contributed by atoms with Crippen LogP contribution >= 0.6 is 0 Å². The van der Waals surface area contributed by atoms with Crippen LogP contribution < -0.4 is 5.32 Å². The molecule has 18 heavy (non-hydrogen) atoms. The third-order valence-electron chi connectivity index (χ3n) is 3.43. The average Bonchev–Trinajstić information content (AvgIpc) is 3.20. The third-order valence-corrected chi connectivity index (χ3v) is 3.43. The molecule has 1 aliphatic carbocycles. The highest BCUT2D eigenvalue weighted by Gasteiger charge is 2.30. The van der Waals surface area contributed by atoms with Crippen LogP contribution in [0.1, 0.15) is 24.0 Å². The normalized spacial score (nSPS) is 16.0. The zero-order valence-electron chi connectivity index (χ0n) is 10.2. The Bertz CT molecular complexity index is 503. The molecular formula is C13H15N3O2. The van der Waals surface area contributed by atoms with E-state index in [2.05, 4.69) is 5.32 Å². The van der Waals surface area contributed by atoms with Crippen molar-refractivity contribution in [2.75, 3.05) is 7.05 Å². The van der Waals surface area contributed by atoms with Gasteiger partial charge in [-0.15, -0.1) is 0 Å². The number of hydrogen-bond donors (Lipinski definition) is 1. The van der Waals surface area contributed by atoms with Crippen LogP contribution in [0.4, 0.5) is 5.69 Å². The van der Waals surface area contributed by atoms with E-state index in [0.717, 1.165) is 12.0 Å². The van der Waals surface area contributed by atoms with Crippen molar-refractivity contribution in [2.45, 2.75) is 25.3 Å².